The monoisotopic (exact) mass is 397 g/mol. The summed E-state index contributed by atoms with van der Waals surface area (Å²) in [5.74, 6) is -0.596. The van der Waals surface area contributed by atoms with Gasteiger partial charge in [-0.05, 0) is 13.0 Å². The number of carbonyl (C=O) groups is 2. The molecule has 0 fully saturated rings. The summed E-state index contributed by atoms with van der Waals surface area (Å²) >= 11 is 15.2. The summed E-state index contributed by atoms with van der Waals surface area (Å²) in [5.41, 5.74) is 0.285. The van der Waals surface area contributed by atoms with Crippen LogP contribution in [0.25, 0.3) is 0 Å². The van der Waals surface area contributed by atoms with Crippen molar-refractivity contribution in [2.24, 2.45) is 0 Å². The molecule has 0 saturated carbocycles. The number of thioether (sulfide) groups is 1. The van der Waals surface area contributed by atoms with Gasteiger partial charge in [0, 0.05) is 0 Å². The minimum Gasteiger partial charge on any atom is -0.465 e. The number of nitrogens with one attached hydrogen (secondary N) is 1. The Morgan fingerprint density at radius 1 is 1.36 bits per heavy atom. The van der Waals surface area contributed by atoms with E-state index < -0.39 is 5.91 Å². The van der Waals surface area contributed by atoms with E-state index in [4.69, 9.17) is 27.9 Å². The molecule has 0 aliphatic carbocycles. The zero-order valence-electron chi connectivity index (χ0n) is 11.1. The lowest BCUT2D eigenvalue weighted by molar-refractivity contribution is -0.139. The van der Waals surface area contributed by atoms with Gasteiger partial charge in [0.1, 0.15) is 4.34 Å². The van der Waals surface area contributed by atoms with Gasteiger partial charge in [0.2, 0.25) is 5.13 Å². The Morgan fingerprint density at radius 2 is 2.14 bits per heavy atom. The first-order chi connectivity index (χ1) is 10.5. The van der Waals surface area contributed by atoms with Crippen LogP contribution in [0.4, 0.5) is 5.13 Å². The standard InChI is InChI=1S/C11H9Cl2N3O3S3/c1-2-19-7(17)4-20-11-16-15-10(22-11)14-9(18)5-3-6(12)21-8(5)13/h3H,2,4H2,1H3,(H,14,15,18). The molecule has 2 aromatic heterocycles. The number of amides is 1. The first kappa shape index (κ1) is 17.5. The largest absolute Gasteiger partial charge is 0.465 e. The number of halogens is 2. The Bertz CT molecular complexity index is 689. The van der Waals surface area contributed by atoms with Crippen molar-refractivity contribution in [1.82, 2.24) is 10.2 Å². The van der Waals surface area contributed by atoms with Crippen LogP contribution >= 0.6 is 57.6 Å². The maximum absolute atomic E-state index is 12.0. The van der Waals surface area contributed by atoms with Gasteiger partial charge in [-0.2, -0.15) is 0 Å². The molecule has 0 aliphatic heterocycles. The summed E-state index contributed by atoms with van der Waals surface area (Å²) in [6.07, 6.45) is 0. The fourth-order valence-electron chi connectivity index (χ4n) is 1.30. The third-order valence-corrected chi connectivity index (χ3v) is 5.58. The minimum absolute atomic E-state index is 0.141. The smallest absolute Gasteiger partial charge is 0.316 e. The van der Waals surface area contributed by atoms with Gasteiger partial charge in [-0.1, -0.05) is 46.3 Å². The summed E-state index contributed by atoms with van der Waals surface area (Å²) in [6.45, 7) is 2.07. The van der Waals surface area contributed by atoms with Crippen molar-refractivity contribution in [3.8, 4) is 0 Å². The number of aromatic nitrogens is 2. The molecule has 2 rings (SSSR count). The number of hydrogen-bond acceptors (Lipinski definition) is 8. The van der Waals surface area contributed by atoms with E-state index in [1.54, 1.807) is 6.92 Å². The normalized spacial score (nSPS) is 10.5. The lowest BCUT2D eigenvalue weighted by atomic mass is 10.3. The van der Waals surface area contributed by atoms with Crippen LogP contribution in [0.5, 0.6) is 0 Å². The van der Waals surface area contributed by atoms with E-state index in [1.165, 1.54) is 17.8 Å². The molecule has 22 heavy (non-hydrogen) atoms. The minimum atomic E-state index is -0.411. The van der Waals surface area contributed by atoms with Gasteiger partial charge >= 0.3 is 5.97 Å². The SMILES string of the molecule is CCOC(=O)CSc1nnc(NC(=O)c2cc(Cl)sc2Cl)s1. The summed E-state index contributed by atoms with van der Waals surface area (Å²) in [5, 5.41) is 10.6. The van der Waals surface area contributed by atoms with Gasteiger partial charge < -0.3 is 4.74 Å². The topological polar surface area (TPSA) is 81.2 Å². The van der Waals surface area contributed by atoms with Crippen LogP contribution in [0.2, 0.25) is 8.67 Å². The quantitative estimate of drug-likeness (QED) is 0.453. The molecule has 1 amide bonds. The number of anilines is 1. The maximum atomic E-state index is 12.0. The van der Waals surface area contributed by atoms with Crippen LogP contribution in [0.15, 0.2) is 10.4 Å². The fraction of sp³-hybridized carbons (Fsp3) is 0.273. The van der Waals surface area contributed by atoms with Gasteiger partial charge in [0.25, 0.3) is 5.91 Å². The highest BCUT2D eigenvalue weighted by Gasteiger charge is 2.16. The second-order valence-electron chi connectivity index (χ2n) is 3.66. The molecule has 1 N–H and O–H groups in total. The maximum Gasteiger partial charge on any atom is 0.316 e. The van der Waals surface area contributed by atoms with E-state index in [0.717, 1.165) is 22.7 Å². The van der Waals surface area contributed by atoms with E-state index >= 15 is 0 Å². The molecule has 6 nitrogen and oxygen atoms in total. The van der Waals surface area contributed by atoms with E-state index in [2.05, 4.69) is 15.5 Å². The lowest BCUT2D eigenvalue weighted by Gasteiger charge is -1.99. The Hall–Kier alpha value is -0.870. The summed E-state index contributed by atoms with van der Waals surface area (Å²) < 4.78 is 6.10. The second kappa shape index (κ2) is 8.11. The first-order valence-electron chi connectivity index (χ1n) is 5.87. The third kappa shape index (κ3) is 4.82. The number of thiophene rings is 1. The summed E-state index contributed by atoms with van der Waals surface area (Å²) in [6, 6.07) is 1.49. The zero-order chi connectivity index (χ0) is 16.1. The Morgan fingerprint density at radius 3 is 2.77 bits per heavy atom. The molecule has 2 aromatic rings. The van der Waals surface area contributed by atoms with Gasteiger partial charge in [-0.3, -0.25) is 14.9 Å². The molecular weight excluding hydrogens is 389 g/mol. The van der Waals surface area contributed by atoms with Gasteiger partial charge in [0.15, 0.2) is 4.34 Å². The van der Waals surface area contributed by atoms with Crippen molar-refractivity contribution >= 4 is 74.6 Å². The molecule has 0 spiro atoms. The number of ether oxygens (including phenoxy) is 1. The average molecular weight is 398 g/mol. The number of nitrogens with zero attached hydrogens (tertiary/aromatic N) is 2. The van der Waals surface area contributed by atoms with Crippen molar-refractivity contribution < 1.29 is 14.3 Å². The predicted molar refractivity (Wildman–Crippen MR) is 89.6 cm³/mol. The highest BCUT2D eigenvalue weighted by molar-refractivity contribution is 8.01. The molecule has 0 aliphatic rings. The molecule has 0 unspecified atom stereocenters. The van der Waals surface area contributed by atoms with Crippen LogP contribution in [0.1, 0.15) is 17.3 Å². The number of hydrogen-bond donors (Lipinski definition) is 1. The van der Waals surface area contributed by atoms with E-state index in [-0.39, 0.29) is 17.3 Å². The summed E-state index contributed by atoms with van der Waals surface area (Å²) in [7, 11) is 0. The Kier molecular flexibility index (Phi) is 6.45. The average Bonchev–Trinajstić information content (AvgIpc) is 3.03. The van der Waals surface area contributed by atoms with Crippen LogP contribution in [-0.4, -0.2) is 34.4 Å². The molecule has 0 saturated heterocycles. The molecule has 11 heteroatoms. The second-order valence-corrected chi connectivity index (χ2v) is 8.14. The van der Waals surface area contributed by atoms with E-state index in [0.29, 0.717) is 24.8 Å². The van der Waals surface area contributed by atoms with Crippen molar-refractivity contribution in [3.63, 3.8) is 0 Å². The van der Waals surface area contributed by atoms with Crippen LogP contribution in [-0.2, 0) is 9.53 Å². The van der Waals surface area contributed by atoms with Crippen LogP contribution in [0.3, 0.4) is 0 Å². The predicted octanol–water partition coefficient (Wildman–Crippen LogP) is 3.81. The number of carbonyl (C=O) groups excluding carboxylic acids is 2. The number of rotatable bonds is 6. The zero-order valence-corrected chi connectivity index (χ0v) is 15.1. The Labute approximate surface area is 148 Å². The van der Waals surface area contributed by atoms with Crippen molar-refractivity contribution in [2.45, 2.75) is 11.3 Å². The van der Waals surface area contributed by atoms with Crippen LogP contribution in [0, 0.1) is 0 Å². The first-order valence-corrected chi connectivity index (χ1v) is 9.25. The molecule has 118 valence electrons. The molecule has 0 atom stereocenters. The molecular formula is C11H9Cl2N3O3S3. The van der Waals surface area contributed by atoms with E-state index in [9.17, 15) is 9.59 Å². The molecule has 0 radical (unpaired) electrons. The fourth-order valence-corrected chi connectivity index (χ4v) is 4.30. The third-order valence-electron chi connectivity index (χ3n) is 2.15. The van der Waals surface area contributed by atoms with Gasteiger partial charge in [0.05, 0.1) is 22.3 Å². The molecule has 0 bridgehead atoms. The van der Waals surface area contributed by atoms with Crippen molar-refractivity contribution in [3.05, 3.63) is 20.3 Å². The number of esters is 1. The summed E-state index contributed by atoms with van der Waals surface area (Å²) in [4.78, 5) is 23.3. The van der Waals surface area contributed by atoms with Gasteiger partial charge in [-0.15, -0.1) is 21.5 Å². The molecule has 2 heterocycles. The van der Waals surface area contributed by atoms with Crippen molar-refractivity contribution in [2.75, 3.05) is 17.7 Å². The highest BCUT2D eigenvalue weighted by Crippen LogP contribution is 2.32. The Balaban J connectivity index is 1.93. The highest BCUT2D eigenvalue weighted by atomic mass is 35.5. The van der Waals surface area contributed by atoms with Gasteiger partial charge in [-0.25, -0.2) is 0 Å². The van der Waals surface area contributed by atoms with Crippen molar-refractivity contribution in [1.29, 1.82) is 0 Å². The van der Waals surface area contributed by atoms with E-state index in [1.807, 2.05) is 0 Å². The lowest BCUT2D eigenvalue weighted by Crippen LogP contribution is -2.11. The molecule has 0 aromatic carbocycles. The van der Waals surface area contributed by atoms with Crippen LogP contribution < -0.4 is 5.32 Å².